The molecule has 2 aromatic rings. The Bertz CT molecular complexity index is 587. The van der Waals surface area contributed by atoms with Gasteiger partial charge < -0.3 is 15.4 Å². The van der Waals surface area contributed by atoms with E-state index >= 15 is 0 Å². The molecular weight excluding hydrogens is 292 g/mol. The summed E-state index contributed by atoms with van der Waals surface area (Å²) in [6.45, 7) is 1.38. The Kier molecular flexibility index (Phi) is 5.74. The van der Waals surface area contributed by atoms with Gasteiger partial charge in [0, 0.05) is 31.1 Å². The Morgan fingerprint density at radius 1 is 1.48 bits per heavy atom. The van der Waals surface area contributed by atoms with Crippen molar-refractivity contribution in [3.05, 3.63) is 41.7 Å². The van der Waals surface area contributed by atoms with Gasteiger partial charge >= 0.3 is 0 Å². The topological polar surface area (TPSA) is 68.2 Å². The van der Waals surface area contributed by atoms with E-state index in [2.05, 4.69) is 15.7 Å². The van der Waals surface area contributed by atoms with Crippen LogP contribution < -0.4 is 10.6 Å². The Hall–Kier alpha value is -1.89. The second kappa shape index (κ2) is 7.78. The van der Waals surface area contributed by atoms with Crippen LogP contribution in [0.1, 0.15) is 0 Å². The molecule has 2 rings (SSSR count). The third kappa shape index (κ3) is 4.56. The number of ether oxygens (including phenoxy) is 1. The van der Waals surface area contributed by atoms with E-state index in [1.54, 1.807) is 36.3 Å². The molecule has 0 saturated carbocycles. The smallest absolute Gasteiger partial charge is 0.238 e. The zero-order valence-electron chi connectivity index (χ0n) is 11.7. The van der Waals surface area contributed by atoms with Crippen LogP contribution in [0.25, 0.3) is 5.69 Å². The molecule has 0 unspecified atom stereocenters. The predicted molar refractivity (Wildman–Crippen MR) is 81.9 cm³/mol. The van der Waals surface area contributed by atoms with E-state index in [-0.39, 0.29) is 12.5 Å². The van der Waals surface area contributed by atoms with Crippen LogP contribution in [-0.4, -0.2) is 42.5 Å². The monoisotopic (exact) mass is 308 g/mol. The van der Waals surface area contributed by atoms with Gasteiger partial charge in [-0.3, -0.25) is 4.79 Å². The number of nitrogens with zero attached hydrogens (tertiary/aromatic N) is 2. The number of halogens is 1. The summed E-state index contributed by atoms with van der Waals surface area (Å²) >= 11 is 5.99. The molecule has 0 atom stereocenters. The normalized spacial score (nSPS) is 10.6. The maximum atomic E-state index is 11.9. The molecule has 0 aliphatic rings. The van der Waals surface area contributed by atoms with E-state index in [0.29, 0.717) is 23.9 Å². The standard InChI is InChI=1S/C14H17ClN4O2/c1-21-8-6-16-10-14(20)18-12-9-11(15)3-4-13(12)19-7-2-5-17-19/h2-5,7,9,16H,6,8,10H2,1H3,(H,18,20). The molecule has 1 aromatic carbocycles. The summed E-state index contributed by atoms with van der Waals surface area (Å²) in [5, 5.41) is 10.5. The number of rotatable bonds is 7. The number of carbonyl (C=O) groups is 1. The number of aromatic nitrogens is 2. The summed E-state index contributed by atoms with van der Waals surface area (Å²) in [6.07, 6.45) is 3.47. The number of anilines is 1. The number of hydrogen-bond acceptors (Lipinski definition) is 4. The van der Waals surface area contributed by atoms with E-state index in [0.717, 1.165) is 5.69 Å². The summed E-state index contributed by atoms with van der Waals surface area (Å²) in [4.78, 5) is 11.9. The summed E-state index contributed by atoms with van der Waals surface area (Å²) in [7, 11) is 1.62. The number of amides is 1. The second-order valence-electron chi connectivity index (χ2n) is 4.33. The fourth-order valence-corrected chi connectivity index (χ4v) is 1.96. The third-order valence-electron chi connectivity index (χ3n) is 2.75. The molecule has 0 saturated heterocycles. The van der Waals surface area contributed by atoms with Gasteiger partial charge in [-0.05, 0) is 24.3 Å². The molecule has 1 heterocycles. The van der Waals surface area contributed by atoms with E-state index in [1.807, 2.05) is 12.1 Å². The fraction of sp³-hybridized carbons (Fsp3) is 0.286. The van der Waals surface area contributed by atoms with Crippen LogP contribution in [0, 0.1) is 0 Å². The molecule has 0 radical (unpaired) electrons. The minimum atomic E-state index is -0.151. The Labute approximate surface area is 128 Å². The van der Waals surface area contributed by atoms with Crippen LogP contribution in [0.5, 0.6) is 0 Å². The highest BCUT2D eigenvalue weighted by Crippen LogP contribution is 2.23. The second-order valence-corrected chi connectivity index (χ2v) is 4.77. The highest BCUT2D eigenvalue weighted by Gasteiger charge is 2.09. The van der Waals surface area contributed by atoms with Gasteiger partial charge in [0.25, 0.3) is 0 Å². The van der Waals surface area contributed by atoms with Gasteiger partial charge in [0.05, 0.1) is 24.5 Å². The van der Waals surface area contributed by atoms with Gasteiger partial charge in [-0.2, -0.15) is 5.10 Å². The molecule has 0 spiro atoms. The van der Waals surface area contributed by atoms with E-state index in [4.69, 9.17) is 16.3 Å². The lowest BCUT2D eigenvalue weighted by molar-refractivity contribution is -0.115. The lowest BCUT2D eigenvalue weighted by atomic mass is 10.2. The van der Waals surface area contributed by atoms with Crippen molar-refractivity contribution < 1.29 is 9.53 Å². The van der Waals surface area contributed by atoms with Crippen molar-refractivity contribution >= 4 is 23.2 Å². The molecule has 1 aromatic heterocycles. The molecule has 21 heavy (non-hydrogen) atoms. The van der Waals surface area contributed by atoms with E-state index in [9.17, 15) is 4.79 Å². The summed E-state index contributed by atoms with van der Waals surface area (Å²) < 4.78 is 6.57. The Balaban J connectivity index is 2.05. The maximum Gasteiger partial charge on any atom is 0.238 e. The quantitative estimate of drug-likeness (QED) is 0.764. The lowest BCUT2D eigenvalue weighted by Crippen LogP contribution is -2.30. The number of benzene rings is 1. The molecular formula is C14H17ClN4O2. The molecule has 7 heteroatoms. The van der Waals surface area contributed by atoms with E-state index < -0.39 is 0 Å². The number of hydrogen-bond donors (Lipinski definition) is 2. The van der Waals surface area contributed by atoms with Gasteiger partial charge in [0.1, 0.15) is 0 Å². The number of nitrogens with one attached hydrogen (secondary N) is 2. The largest absolute Gasteiger partial charge is 0.383 e. The van der Waals surface area contributed by atoms with Crippen LogP contribution in [0.4, 0.5) is 5.69 Å². The number of carbonyl (C=O) groups excluding carboxylic acids is 1. The van der Waals surface area contributed by atoms with Gasteiger partial charge in [-0.15, -0.1) is 0 Å². The van der Waals surface area contributed by atoms with Gasteiger partial charge in [-0.25, -0.2) is 4.68 Å². The summed E-state index contributed by atoms with van der Waals surface area (Å²) in [6, 6.07) is 7.08. The Morgan fingerprint density at radius 3 is 3.05 bits per heavy atom. The van der Waals surface area contributed by atoms with Crippen LogP contribution in [0.2, 0.25) is 5.02 Å². The van der Waals surface area contributed by atoms with Crippen molar-refractivity contribution in [2.24, 2.45) is 0 Å². The van der Waals surface area contributed by atoms with Crippen molar-refractivity contribution in [3.63, 3.8) is 0 Å². The highest BCUT2D eigenvalue weighted by molar-refractivity contribution is 6.31. The molecule has 6 nitrogen and oxygen atoms in total. The zero-order chi connectivity index (χ0) is 15.1. The summed E-state index contributed by atoms with van der Waals surface area (Å²) in [5.41, 5.74) is 1.37. The first kappa shape index (κ1) is 15.5. The molecule has 1 amide bonds. The minimum absolute atomic E-state index is 0.151. The zero-order valence-corrected chi connectivity index (χ0v) is 12.4. The average molecular weight is 309 g/mol. The van der Waals surface area contributed by atoms with Crippen molar-refractivity contribution in [3.8, 4) is 5.69 Å². The first-order chi connectivity index (χ1) is 10.2. The van der Waals surface area contributed by atoms with Crippen LogP contribution >= 0.6 is 11.6 Å². The van der Waals surface area contributed by atoms with Gasteiger partial charge in [0.2, 0.25) is 5.91 Å². The predicted octanol–water partition coefficient (Wildman–Crippen LogP) is 1.70. The molecule has 2 N–H and O–H groups in total. The van der Waals surface area contributed by atoms with Crippen molar-refractivity contribution in [1.82, 2.24) is 15.1 Å². The first-order valence-electron chi connectivity index (χ1n) is 6.50. The maximum absolute atomic E-state index is 11.9. The van der Waals surface area contributed by atoms with Crippen molar-refractivity contribution in [2.45, 2.75) is 0 Å². The van der Waals surface area contributed by atoms with Crippen LogP contribution in [0.3, 0.4) is 0 Å². The average Bonchev–Trinajstić information content (AvgIpc) is 2.98. The van der Waals surface area contributed by atoms with Gasteiger partial charge in [-0.1, -0.05) is 11.6 Å². The van der Waals surface area contributed by atoms with E-state index in [1.165, 1.54) is 0 Å². The first-order valence-corrected chi connectivity index (χ1v) is 6.87. The molecule has 0 fully saturated rings. The SMILES string of the molecule is COCCNCC(=O)Nc1cc(Cl)ccc1-n1cccn1. The minimum Gasteiger partial charge on any atom is -0.383 e. The van der Waals surface area contributed by atoms with Crippen molar-refractivity contribution in [2.75, 3.05) is 32.1 Å². The molecule has 0 bridgehead atoms. The lowest BCUT2D eigenvalue weighted by Gasteiger charge is -2.12. The Morgan fingerprint density at radius 2 is 2.33 bits per heavy atom. The molecule has 0 aliphatic heterocycles. The van der Waals surface area contributed by atoms with Crippen molar-refractivity contribution in [1.29, 1.82) is 0 Å². The fourth-order valence-electron chi connectivity index (χ4n) is 1.79. The highest BCUT2D eigenvalue weighted by atomic mass is 35.5. The molecule has 0 aliphatic carbocycles. The number of methoxy groups -OCH3 is 1. The van der Waals surface area contributed by atoms with Crippen LogP contribution in [0.15, 0.2) is 36.7 Å². The van der Waals surface area contributed by atoms with Crippen LogP contribution in [-0.2, 0) is 9.53 Å². The summed E-state index contributed by atoms with van der Waals surface area (Å²) in [5.74, 6) is -0.151. The molecule has 112 valence electrons. The van der Waals surface area contributed by atoms with Gasteiger partial charge in [0.15, 0.2) is 0 Å². The third-order valence-corrected chi connectivity index (χ3v) is 2.99.